The average molecular weight is 373 g/mol. The van der Waals surface area contributed by atoms with Gasteiger partial charge in [0.05, 0.1) is 23.0 Å². The zero-order valence-corrected chi connectivity index (χ0v) is 14.1. The second kappa shape index (κ2) is 8.23. The summed E-state index contributed by atoms with van der Waals surface area (Å²) in [4.78, 5) is 3.96. The van der Waals surface area contributed by atoms with Crippen molar-refractivity contribution in [1.29, 1.82) is 0 Å². The van der Waals surface area contributed by atoms with Gasteiger partial charge in [0.15, 0.2) is 0 Å². The molecule has 0 spiro atoms. The third-order valence-electron chi connectivity index (χ3n) is 3.15. The molecule has 2 heterocycles. The van der Waals surface area contributed by atoms with Crippen LogP contribution < -0.4 is 5.32 Å². The van der Waals surface area contributed by atoms with Gasteiger partial charge in [-0.2, -0.15) is 18.3 Å². The molecular formula is C16H16ClF3N4O. The van der Waals surface area contributed by atoms with E-state index in [4.69, 9.17) is 16.7 Å². The number of halogens is 4. The van der Waals surface area contributed by atoms with Crippen molar-refractivity contribution in [2.24, 2.45) is 0 Å². The van der Waals surface area contributed by atoms with E-state index in [1.54, 1.807) is 6.07 Å². The molecule has 134 valence electrons. The van der Waals surface area contributed by atoms with Crippen LogP contribution in [0.1, 0.15) is 24.5 Å². The monoisotopic (exact) mass is 372 g/mol. The predicted octanol–water partition coefficient (Wildman–Crippen LogP) is 3.08. The Labute approximate surface area is 147 Å². The molecule has 2 aromatic heterocycles. The van der Waals surface area contributed by atoms with Gasteiger partial charge in [-0.15, -0.1) is 0 Å². The first-order valence-electron chi connectivity index (χ1n) is 7.41. The minimum atomic E-state index is -4.34. The van der Waals surface area contributed by atoms with E-state index in [1.807, 2.05) is 6.92 Å². The maximum atomic E-state index is 12.3. The van der Waals surface area contributed by atoms with Crippen LogP contribution in [0.25, 0.3) is 0 Å². The summed E-state index contributed by atoms with van der Waals surface area (Å²) in [5, 5.41) is 16.1. The lowest BCUT2D eigenvalue weighted by molar-refractivity contribution is -0.142. The Morgan fingerprint density at radius 3 is 2.80 bits per heavy atom. The molecule has 1 atom stereocenters. The van der Waals surface area contributed by atoms with Crippen molar-refractivity contribution in [1.82, 2.24) is 14.8 Å². The van der Waals surface area contributed by atoms with Crippen molar-refractivity contribution in [3.8, 4) is 11.8 Å². The summed E-state index contributed by atoms with van der Waals surface area (Å²) in [5.41, 5.74) is 1.53. The number of anilines is 1. The number of aliphatic hydroxyl groups excluding tert-OH is 1. The van der Waals surface area contributed by atoms with Crippen molar-refractivity contribution in [3.05, 3.63) is 40.9 Å². The molecule has 2 N–H and O–H groups in total. The lowest BCUT2D eigenvalue weighted by atomic mass is 10.2. The molecule has 0 saturated heterocycles. The smallest absolute Gasteiger partial charge is 0.396 e. The van der Waals surface area contributed by atoms with Gasteiger partial charge in [-0.25, -0.2) is 4.98 Å². The molecule has 0 aliphatic rings. The molecule has 0 fully saturated rings. The number of hydrogen-bond acceptors (Lipinski definition) is 4. The van der Waals surface area contributed by atoms with Gasteiger partial charge in [0, 0.05) is 25.0 Å². The van der Waals surface area contributed by atoms with Crippen LogP contribution in [0.15, 0.2) is 24.7 Å². The quantitative estimate of drug-likeness (QED) is 0.625. The molecule has 9 heteroatoms. The molecule has 2 aromatic rings. The zero-order valence-electron chi connectivity index (χ0n) is 13.3. The largest absolute Gasteiger partial charge is 0.408 e. The van der Waals surface area contributed by atoms with E-state index >= 15 is 0 Å². The molecule has 0 amide bonds. The fourth-order valence-electron chi connectivity index (χ4n) is 2.02. The highest BCUT2D eigenvalue weighted by Gasteiger charge is 2.28. The van der Waals surface area contributed by atoms with Crippen LogP contribution in [0.3, 0.4) is 0 Å². The van der Waals surface area contributed by atoms with Gasteiger partial charge < -0.3 is 10.4 Å². The van der Waals surface area contributed by atoms with Gasteiger partial charge in [-0.3, -0.25) is 4.68 Å². The van der Waals surface area contributed by atoms with Gasteiger partial charge >= 0.3 is 6.18 Å². The van der Waals surface area contributed by atoms with Crippen LogP contribution in [-0.4, -0.2) is 38.7 Å². The first kappa shape index (κ1) is 19.1. The molecule has 25 heavy (non-hydrogen) atoms. The second-order valence-corrected chi connectivity index (χ2v) is 5.79. The topological polar surface area (TPSA) is 63.0 Å². The number of alkyl halides is 3. The summed E-state index contributed by atoms with van der Waals surface area (Å²) < 4.78 is 37.8. The first-order chi connectivity index (χ1) is 11.8. The number of nitrogens with one attached hydrogen (secondary N) is 1. The average Bonchev–Trinajstić information content (AvgIpc) is 2.92. The van der Waals surface area contributed by atoms with Gasteiger partial charge in [0.1, 0.15) is 11.7 Å². The lowest BCUT2D eigenvalue weighted by Crippen LogP contribution is -2.17. The Balaban J connectivity index is 2.19. The fourth-order valence-corrected chi connectivity index (χ4v) is 2.18. The van der Waals surface area contributed by atoms with Crippen LogP contribution in [0.5, 0.6) is 0 Å². The fraction of sp³-hybridized carbons (Fsp3) is 0.375. The molecule has 0 bridgehead atoms. The Morgan fingerprint density at radius 1 is 1.36 bits per heavy atom. The molecule has 2 rings (SSSR count). The first-order valence-corrected chi connectivity index (χ1v) is 7.79. The predicted molar refractivity (Wildman–Crippen MR) is 88.3 cm³/mol. The molecule has 0 saturated carbocycles. The Kier molecular flexibility index (Phi) is 6.28. The highest BCUT2D eigenvalue weighted by atomic mass is 35.5. The summed E-state index contributed by atoms with van der Waals surface area (Å²) in [6.07, 6.45) is 0.173. The molecule has 0 aliphatic carbocycles. The Bertz CT molecular complexity index is 780. The summed E-state index contributed by atoms with van der Waals surface area (Å²) in [7, 11) is 0. The van der Waals surface area contributed by atoms with E-state index in [2.05, 4.69) is 27.2 Å². The van der Waals surface area contributed by atoms with E-state index < -0.39 is 12.7 Å². The van der Waals surface area contributed by atoms with Crippen molar-refractivity contribution in [2.45, 2.75) is 32.1 Å². The normalized spacial score (nSPS) is 12.4. The van der Waals surface area contributed by atoms with Crippen LogP contribution in [-0.2, 0) is 6.54 Å². The van der Waals surface area contributed by atoms with E-state index in [0.717, 1.165) is 4.68 Å². The van der Waals surface area contributed by atoms with Crippen LogP contribution in [0, 0.1) is 11.8 Å². The van der Waals surface area contributed by atoms with Gasteiger partial charge in [0.25, 0.3) is 0 Å². The number of rotatable bonds is 5. The van der Waals surface area contributed by atoms with Crippen molar-refractivity contribution >= 4 is 17.3 Å². The number of aliphatic hydroxyl groups is 1. The Hall–Kier alpha value is -2.24. The van der Waals surface area contributed by atoms with Crippen molar-refractivity contribution in [2.75, 3.05) is 11.9 Å². The van der Waals surface area contributed by atoms with E-state index in [9.17, 15) is 13.2 Å². The van der Waals surface area contributed by atoms with Crippen molar-refractivity contribution in [3.63, 3.8) is 0 Å². The standard InChI is InChI=1S/C16H16ClF3N4O/c1-11(4-5-25)23-14-6-15(17)21-8-13(14)3-2-12-7-22-24(9-12)10-16(18,19)20/h6-9,11,25H,4-5,10H2,1H3,(H,21,23)/t11-/m0/s1. The highest BCUT2D eigenvalue weighted by Crippen LogP contribution is 2.20. The van der Waals surface area contributed by atoms with E-state index in [-0.39, 0.29) is 17.8 Å². The number of hydrogen-bond donors (Lipinski definition) is 2. The highest BCUT2D eigenvalue weighted by molar-refractivity contribution is 6.29. The minimum Gasteiger partial charge on any atom is -0.396 e. The molecular weight excluding hydrogens is 357 g/mol. The maximum Gasteiger partial charge on any atom is 0.408 e. The van der Waals surface area contributed by atoms with Crippen LogP contribution in [0.4, 0.5) is 18.9 Å². The molecule has 0 aromatic carbocycles. The molecule has 5 nitrogen and oxygen atoms in total. The zero-order chi connectivity index (χ0) is 18.4. The third-order valence-corrected chi connectivity index (χ3v) is 3.36. The number of nitrogens with zero attached hydrogens (tertiary/aromatic N) is 3. The summed E-state index contributed by atoms with van der Waals surface area (Å²) >= 11 is 5.89. The van der Waals surface area contributed by atoms with Gasteiger partial charge in [-0.05, 0) is 19.4 Å². The van der Waals surface area contributed by atoms with Gasteiger partial charge in [-0.1, -0.05) is 23.4 Å². The maximum absolute atomic E-state index is 12.3. The minimum absolute atomic E-state index is 0.0152. The van der Waals surface area contributed by atoms with E-state index in [0.29, 0.717) is 23.2 Å². The third kappa shape index (κ3) is 6.29. The van der Waals surface area contributed by atoms with Crippen LogP contribution in [0.2, 0.25) is 5.15 Å². The van der Waals surface area contributed by atoms with Crippen LogP contribution >= 0.6 is 11.6 Å². The van der Waals surface area contributed by atoms with Gasteiger partial charge in [0.2, 0.25) is 0 Å². The molecule has 0 aliphatic heterocycles. The SMILES string of the molecule is C[C@@H](CCO)Nc1cc(Cl)ncc1C#Cc1cnn(CC(F)(F)F)c1. The van der Waals surface area contributed by atoms with Crippen molar-refractivity contribution < 1.29 is 18.3 Å². The summed E-state index contributed by atoms with van der Waals surface area (Å²) in [5.74, 6) is 5.61. The molecule has 0 radical (unpaired) electrons. The number of pyridine rings is 1. The summed E-state index contributed by atoms with van der Waals surface area (Å²) in [6, 6.07) is 1.59. The van der Waals surface area contributed by atoms with E-state index in [1.165, 1.54) is 18.6 Å². The number of aromatic nitrogens is 3. The lowest BCUT2D eigenvalue weighted by Gasteiger charge is -2.15. The summed E-state index contributed by atoms with van der Waals surface area (Å²) in [6.45, 7) is 0.762. The molecule has 0 unspecified atom stereocenters. The second-order valence-electron chi connectivity index (χ2n) is 5.40. The Morgan fingerprint density at radius 2 is 2.12 bits per heavy atom.